The van der Waals surface area contributed by atoms with Crippen molar-refractivity contribution in [2.75, 3.05) is 20.6 Å². The molecule has 0 aliphatic carbocycles. The first-order valence-electron chi connectivity index (χ1n) is 6.30. The Labute approximate surface area is 130 Å². The van der Waals surface area contributed by atoms with Crippen molar-refractivity contribution in [3.8, 4) is 0 Å². The van der Waals surface area contributed by atoms with Crippen LogP contribution in [0.15, 0.2) is 24.3 Å². The van der Waals surface area contributed by atoms with Crippen LogP contribution in [0.25, 0.3) is 0 Å². The topological polar surface area (TPSA) is 92.5 Å². The first kappa shape index (κ1) is 17.5. The monoisotopic (exact) mass is 329 g/mol. The quantitative estimate of drug-likeness (QED) is 0.698. The fraction of sp³-hybridized carbons (Fsp3) is 0.385. The number of nitrogens with zero attached hydrogens (tertiary/aromatic N) is 1. The van der Waals surface area contributed by atoms with E-state index in [2.05, 4.69) is 5.32 Å². The maximum absolute atomic E-state index is 12.3. The maximum Gasteiger partial charge on any atom is 0.221 e. The van der Waals surface area contributed by atoms with Gasteiger partial charge < -0.3 is 11.1 Å². The average Bonchev–Trinajstić information content (AvgIpc) is 2.44. The van der Waals surface area contributed by atoms with Gasteiger partial charge in [-0.3, -0.25) is 4.79 Å². The van der Waals surface area contributed by atoms with Gasteiger partial charge in [0.15, 0.2) is 0 Å². The van der Waals surface area contributed by atoms with Gasteiger partial charge >= 0.3 is 0 Å². The molecule has 21 heavy (non-hydrogen) atoms. The third-order valence-electron chi connectivity index (χ3n) is 3.03. The molecule has 6 nitrogen and oxygen atoms in total. The Balaban J connectivity index is 2.85. The number of benzene rings is 1. The number of rotatable bonds is 7. The number of sulfonamides is 1. The van der Waals surface area contributed by atoms with Gasteiger partial charge in [0, 0.05) is 32.6 Å². The predicted octanol–water partition coefficient (Wildman–Crippen LogP) is 0.219. The summed E-state index contributed by atoms with van der Waals surface area (Å²) in [6.07, 6.45) is 0.114. The second-order valence-electron chi connectivity index (χ2n) is 4.52. The van der Waals surface area contributed by atoms with Gasteiger partial charge in [-0.1, -0.05) is 36.5 Å². The third-order valence-corrected chi connectivity index (χ3v) is 5.06. The van der Waals surface area contributed by atoms with Crippen LogP contribution < -0.4 is 11.1 Å². The third kappa shape index (κ3) is 5.07. The van der Waals surface area contributed by atoms with E-state index in [4.69, 9.17) is 18.0 Å². The van der Waals surface area contributed by atoms with E-state index >= 15 is 0 Å². The summed E-state index contributed by atoms with van der Waals surface area (Å²) < 4.78 is 25.7. The molecule has 1 rings (SSSR count). The Morgan fingerprint density at radius 1 is 1.38 bits per heavy atom. The van der Waals surface area contributed by atoms with Gasteiger partial charge in [-0.2, -0.15) is 0 Å². The largest absolute Gasteiger partial charge is 0.389 e. The van der Waals surface area contributed by atoms with Crippen LogP contribution in [-0.2, 0) is 20.6 Å². The molecule has 0 aliphatic heterocycles. The summed E-state index contributed by atoms with van der Waals surface area (Å²) in [6.45, 7) is 0.122. The van der Waals surface area contributed by atoms with E-state index in [1.54, 1.807) is 24.3 Å². The molecule has 0 aliphatic rings. The lowest BCUT2D eigenvalue weighted by Gasteiger charge is -2.17. The lowest BCUT2D eigenvalue weighted by Crippen LogP contribution is -2.32. The molecule has 0 fully saturated rings. The number of hydrogen-bond donors (Lipinski definition) is 2. The molecule has 116 valence electrons. The highest BCUT2D eigenvalue weighted by molar-refractivity contribution is 7.88. The highest BCUT2D eigenvalue weighted by Crippen LogP contribution is 2.15. The van der Waals surface area contributed by atoms with Crippen molar-refractivity contribution in [2.24, 2.45) is 5.73 Å². The van der Waals surface area contributed by atoms with Gasteiger partial charge in [0.05, 0.1) is 5.75 Å². The summed E-state index contributed by atoms with van der Waals surface area (Å²) >= 11 is 4.92. The minimum atomic E-state index is -3.54. The van der Waals surface area contributed by atoms with Crippen molar-refractivity contribution >= 4 is 33.1 Å². The highest BCUT2D eigenvalue weighted by Gasteiger charge is 2.21. The zero-order valence-electron chi connectivity index (χ0n) is 12.0. The van der Waals surface area contributed by atoms with Gasteiger partial charge in [0.1, 0.15) is 4.99 Å². The molecule has 0 saturated heterocycles. The van der Waals surface area contributed by atoms with Gasteiger partial charge in [-0.15, -0.1) is 0 Å². The molecule has 0 saturated carbocycles. The number of carbonyl (C=O) groups excluding carboxylic acids is 1. The number of carbonyl (C=O) groups is 1. The Hall–Kier alpha value is -1.51. The fourth-order valence-electron chi connectivity index (χ4n) is 1.72. The Kier molecular flexibility index (Phi) is 6.25. The molecule has 0 heterocycles. The first-order valence-corrected chi connectivity index (χ1v) is 8.32. The van der Waals surface area contributed by atoms with Crippen LogP contribution in [0.5, 0.6) is 0 Å². The van der Waals surface area contributed by atoms with E-state index in [1.165, 1.54) is 18.4 Å². The van der Waals surface area contributed by atoms with E-state index in [0.717, 1.165) is 0 Å². The molecule has 0 bridgehead atoms. The van der Waals surface area contributed by atoms with E-state index in [0.29, 0.717) is 11.1 Å². The number of thiocarbonyl (C=S) groups is 1. The number of hydrogen-bond acceptors (Lipinski definition) is 4. The van der Waals surface area contributed by atoms with Gasteiger partial charge in [0.2, 0.25) is 15.9 Å². The normalized spacial score (nSPS) is 11.4. The smallest absolute Gasteiger partial charge is 0.221 e. The molecule has 0 unspecified atom stereocenters. The average molecular weight is 329 g/mol. The zero-order valence-corrected chi connectivity index (χ0v) is 13.6. The molecular formula is C13H19N3O3S2. The van der Waals surface area contributed by atoms with Crippen molar-refractivity contribution in [2.45, 2.75) is 12.2 Å². The van der Waals surface area contributed by atoms with E-state index in [1.807, 2.05) is 0 Å². The molecule has 1 aromatic carbocycles. The van der Waals surface area contributed by atoms with Gasteiger partial charge in [0.25, 0.3) is 0 Å². The van der Waals surface area contributed by atoms with Crippen LogP contribution in [0.3, 0.4) is 0 Å². The zero-order chi connectivity index (χ0) is 16.0. The summed E-state index contributed by atoms with van der Waals surface area (Å²) in [7, 11) is -0.580. The summed E-state index contributed by atoms with van der Waals surface area (Å²) in [6, 6.07) is 6.85. The van der Waals surface area contributed by atoms with E-state index in [-0.39, 0.29) is 29.6 Å². The van der Waals surface area contributed by atoms with E-state index < -0.39 is 10.0 Å². The number of amides is 1. The lowest BCUT2D eigenvalue weighted by atomic mass is 10.1. The molecule has 1 amide bonds. The number of nitrogens with two attached hydrogens (primary N) is 1. The van der Waals surface area contributed by atoms with Crippen LogP contribution in [0.1, 0.15) is 17.5 Å². The molecule has 0 atom stereocenters. The van der Waals surface area contributed by atoms with Crippen LogP contribution in [0, 0.1) is 0 Å². The minimum Gasteiger partial charge on any atom is -0.389 e. The van der Waals surface area contributed by atoms with Crippen molar-refractivity contribution in [1.29, 1.82) is 0 Å². The summed E-state index contributed by atoms with van der Waals surface area (Å²) in [5.41, 5.74) is 6.70. The van der Waals surface area contributed by atoms with Crippen LogP contribution in [0.2, 0.25) is 0 Å². The van der Waals surface area contributed by atoms with Crippen LogP contribution in [-0.4, -0.2) is 44.3 Å². The molecule has 1 aromatic rings. The minimum absolute atomic E-state index is 0.114. The first-order chi connectivity index (χ1) is 9.77. The molecule has 0 spiro atoms. The fourth-order valence-corrected chi connectivity index (χ4v) is 3.15. The standard InChI is InChI=1S/C13H19N3O3S2/c1-15-12(17)7-8-16(2)21(18,19)9-10-5-3-4-6-11(10)13(14)20/h3-6H,7-9H2,1-2H3,(H2,14,20)(H,15,17). The lowest BCUT2D eigenvalue weighted by molar-refractivity contribution is -0.120. The van der Waals surface area contributed by atoms with Gasteiger partial charge in [-0.05, 0) is 5.56 Å². The molecule has 0 radical (unpaired) electrons. The predicted molar refractivity (Wildman–Crippen MR) is 86.3 cm³/mol. The number of nitrogens with one attached hydrogen (secondary N) is 1. The summed E-state index contributed by atoms with van der Waals surface area (Å²) in [5, 5.41) is 2.45. The van der Waals surface area contributed by atoms with Crippen LogP contribution in [0.4, 0.5) is 0 Å². The molecule has 3 N–H and O–H groups in total. The van der Waals surface area contributed by atoms with E-state index in [9.17, 15) is 13.2 Å². The molecule has 8 heteroatoms. The van der Waals surface area contributed by atoms with Crippen molar-refractivity contribution < 1.29 is 13.2 Å². The van der Waals surface area contributed by atoms with Crippen molar-refractivity contribution in [3.05, 3.63) is 35.4 Å². The van der Waals surface area contributed by atoms with Gasteiger partial charge in [-0.25, -0.2) is 12.7 Å². The second-order valence-corrected chi connectivity index (χ2v) is 7.04. The van der Waals surface area contributed by atoms with Crippen LogP contribution >= 0.6 is 12.2 Å². The Morgan fingerprint density at radius 2 is 2.00 bits per heavy atom. The molecular weight excluding hydrogens is 310 g/mol. The second kappa shape index (κ2) is 7.48. The summed E-state index contributed by atoms with van der Waals surface area (Å²) in [4.78, 5) is 11.3. The molecule has 0 aromatic heterocycles. The summed E-state index contributed by atoms with van der Waals surface area (Å²) in [5.74, 6) is -0.411. The van der Waals surface area contributed by atoms with Crippen molar-refractivity contribution in [1.82, 2.24) is 9.62 Å². The Bertz CT molecular complexity index is 629. The Morgan fingerprint density at radius 3 is 2.57 bits per heavy atom. The van der Waals surface area contributed by atoms with Crippen molar-refractivity contribution in [3.63, 3.8) is 0 Å². The highest BCUT2D eigenvalue weighted by atomic mass is 32.2. The SMILES string of the molecule is CNC(=O)CCN(C)S(=O)(=O)Cc1ccccc1C(N)=S. The maximum atomic E-state index is 12.3.